The summed E-state index contributed by atoms with van der Waals surface area (Å²) in [5.41, 5.74) is 5.82. The average molecular weight is 432 g/mol. The van der Waals surface area contributed by atoms with Crippen LogP contribution < -0.4 is 5.32 Å². The van der Waals surface area contributed by atoms with E-state index in [1.54, 1.807) is 4.68 Å². The maximum Gasteiger partial charge on any atom is 0.222 e. The Hall–Kier alpha value is -3.55. The molecule has 0 spiro atoms. The smallest absolute Gasteiger partial charge is 0.222 e. The number of aryl methyl sites for hydroxylation is 2. The lowest BCUT2D eigenvalue weighted by Gasteiger charge is -2.33. The van der Waals surface area contributed by atoms with Crippen molar-refractivity contribution in [1.29, 1.82) is 0 Å². The highest BCUT2D eigenvalue weighted by Crippen LogP contribution is 2.36. The number of fused-ring (bicyclic) bond motifs is 1. The summed E-state index contributed by atoms with van der Waals surface area (Å²) in [6.45, 7) is 4.23. The molecule has 164 valence electrons. The van der Waals surface area contributed by atoms with Gasteiger partial charge in [-0.1, -0.05) is 6.08 Å². The number of hydrogen-bond donors (Lipinski definition) is 1. The minimum Gasteiger partial charge on any atom is -0.351 e. The number of allylic oxidation sites excluding steroid dienone is 1. The summed E-state index contributed by atoms with van der Waals surface area (Å²) in [6.07, 6.45) is 13.7. The molecule has 4 aromatic heterocycles. The summed E-state index contributed by atoms with van der Waals surface area (Å²) in [5.74, 6) is 0.468. The van der Waals surface area contributed by atoms with Crippen molar-refractivity contribution in [2.75, 3.05) is 11.9 Å². The van der Waals surface area contributed by atoms with Gasteiger partial charge < -0.3 is 5.32 Å². The number of anilines is 1. The number of alkyl halides is 1. The highest BCUT2D eigenvalue weighted by atomic mass is 19.1. The van der Waals surface area contributed by atoms with Crippen molar-refractivity contribution in [2.45, 2.75) is 38.8 Å². The largest absolute Gasteiger partial charge is 0.351 e. The maximum absolute atomic E-state index is 14.3. The van der Waals surface area contributed by atoms with Crippen molar-refractivity contribution in [3.8, 4) is 11.1 Å². The number of hydrogen-bond acceptors (Lipinski definition) is 5. The van der Waals surface area contributed by atoms with Crippen molar-refractivity contribution >= 4 is 17.0 Å². The fraction of sp³-hybridized carbons (Fsp3) is 0.333. The summed E-state index contributed by atoms with van der Waals surface area (Å²) in [7, 11) is 1.90. The fourth-order valence-electron chi connectivity index (χ4n) is 4.20. The first-order valence-corrected chi connectivity index (χ1v) is 10.9. The van der Waals surface area contributed by atoms with Gasteiger partial charge in [0, 0.05) is 42.3 Å². The van der Waals surface area contributed by atoms with Crippen LogP contribution in [0, 0.1) is 6.92 Å². The van der Waals surface area contributed by atoms with Crippen LogP contribution in [0.5, 0.6) is 0 Å². The van der Waals surface area contributed by atoms with Gasteiger partial charge in [0.25, 0.3) is 0 Å². The third kappa shape index (κ3) is 3.66. The van der Waals surface area contributed by atoms with E-state index >= 15 is 0 Å². The van der Waals surface area contributed by atoms with Crippen LogP contribution in [0.15, 0.2) is 49.2 Å². The molecule has 0 radical (unpaired) electrons. The Morgan fingerprint density at radius 1 is 1.25 bits per heavy atom. The van der Waals surface area contributed by atoms with Crippen LogP contribution in [0.3, 0.4) is 0 Å². The van der Waals surface area contributed by atoms with Crippen molar-refractivity contribution in [3.63, 3.8) is 0 Å². The second-order valence-electron chi connectivity index (χ2n) is 8.46. The van der Waals surface area contributed by atoms with E-state index in [0.29, 0.717) is 18.8 Å². The SMILES string of the molecule is C/C=C(/c1ccn2ncc(-c3cnn(C)c3)c2c1)c1cnc(NCC2(F)CCC2)nc1C. The third-order valence-electron chi connectivity index (χ3n) is 6.22. The van der Waals surface area contributed by atoms with Crippen LogP contribution in [0.2, 0.25) is 0 Å². The second kappa shape index (κ2) is 7.85. The van der Waals surface area contributed by atoms with Crippen LogP contribution in [0.4, 0.5) is 10.3 Å². The zero-order valence-electron chi connectivity index (χ0n) is 18.5. The van der Waals surface area contributed by atoms with Gasteiger partial charge in [0.1, 0.15) is 5.67 Å². The molecule has 32 heavy (non-hydrogen) atoms. The third-order valence-corrected chi connectivity index (χ3v) is 6.22. The quantitative estimate of drug-likeness (QED) is 0.483. The number of rotatable bonds is 6. The summed E-state index contributed by atoms with van der Waals surface area (Å²) >= 11 is 0. The molecule has 0 aliphatic heterocycles. The summed E-state index contributed by atoms with van der Waals surface area (Å²) in [5, 5.41) is 11.8. The Labute approximate surface area is 186 Å². The number of pyridine rings is 1. The van der Waals surface area contributed by atoms with E-state index in [4.69, 9.17) is 0 Å². The zero-order valence-corrected chi connectivity index (χ0v) is 18.5. The van der Waals surface area contributed by atoms with Crippen LogP contribution in [-0.2, 0) is 7.05 Å². The van der Waals surface area contributed by atoms with E-state index in [2.05, 4.69) is 37.6 Å². The monoisotopic (exact) mass is 431 g/mol. The molecule has 0 amide bonds. The normalized spacial score (nSPS) is 15.7. The minimum absolute atomic E-state index is 0.261. The molecule has 0 unspecified atom stereocenters. The molecule has 4 aromatic rings. The van der Waals surface area contributed by atoms with Crippen molar-refractivity contribution in [3.05, 3.63) is 66.0 Å². The molecule has 5 rings (SSSR count). The van der Waals surface area contributed by atoms with E-state index in [1.807, 2.05) is 62.5 Å². The number of nitrogens with zero attached hydrogens (tertiary/aromatic N) is 6. The molecule has 0 atom stereocenters. The molecule has 0 saturated heterocycles. The minimum atomic E-state index is -1.11. The van der Waals surface area contributed by atoms with Gasteiger partial charge in [0.2, 0.25) is 5.95 Å². The number of nitrogens with one attached hydrogen (secondary N) is 1. The predicted molar refractivity (Wildman–Crippen MR) is 123 cm³/mol. The van der Waals surface area contributed by atoms with Gasteiger partial charge in [0.15, 0.2) is 0 Å². The first kappa shape index (κ1) is 20.4. The summed E-state index contributed by atoms with van der Waals surface area (Å²) < 4.78 is 17.9. The Balaban J connectivity index is 1.45. The molecule has 1 saturated carbocycles. The molecule has 1 aliphatic carbocycles. The van der Waals surface area contributed by atoms with Crippen molar-refractivity contribution in [2.24, 2.45) is 7.05 Å². The van der Waals surface area contributed by atoms with Crippen molar-refractivity contribution < 1.29 is 4.39 Å². The molecule has 1 fully saturated rings. The highest BCUT2D eigenvalue weighted by molar-refractivity contribution is 5.86. The van der Waals surface area contributed by atoms with E-state index in [-0.39, 0.29) is 6.54 Å². The Morgan fingerprint density at radius 3 is 2.75 bits per heavy atom. The highest BCUT2D eigenvalue weighted by Gasteiger charge is 2.36. The predicted octanol–water partition coefficient (Wildman–Crippen LogP) is 4.59. The van der Waals surface area contributed by atoms with Gasteiger partial charge in [-0.3, -0.25) is 4.68 Å². The Bertz CT molecular complexity index is 1310. The van der Waals surface area contributed by atoms with E-state index in [1.165, 1.54) is 0 Å². The van der Waals surface area contributed by atoms with Gasteiger partial charge in [-0.15, -0.1) is 0 Å². The van der Waals surface area contributed by atoms with Crippen molar-refractivity contribution in [1.82, 2.24) is 29.4 Å². The Kier molecular flexibility index (Phi) is 5.00. The van der Waals surface area contributed by atoms with Crippen LogP contribution in [-0.4, -0.2) is 41.6 Å². The van der Waals surface area contributed by atoms with Gasteiger partial charge in [-0.2, -0.15) is 10.2 Å². The van der Waals surface area contributed by atoms with Crippen LogP contribution >= 0.6 is 0 Å². The van der Waals surface area contributed by atoms with Gasteiger partial charge in [-0.05, 0) is 56.4 Å². The van der Waals surface area contributed by atoms with Gasteiger partial charge in [-0.25, -0.2) is 18.9 Å². The molecule has 4 heterocycles. The molecule has 1 aliphatic rings. The lowest BCUT2D eigenvalue weighted by Crippen LogP contribution is -2.39. The molecule has 7 nitrogen and oxygen atoms in total. The number of halogens is 1. The van der Waals surface area contributed by atoms with Crippen LogP contribution in [0.1, 0.15) is 43.0 Å². The van der Waals surface area contributed by atoms with Gasteiger partial charge >= 0.3 is 0 Å². The number of aromatic nitrogens is 6. The summed E-state index contributed by atoms with van der Waals surface area (Å²) in [4.78, 5) is 9.05. The lowest BCUT2D eigenvalue weighted by atomic mass is 9.82. The standard InChI is InChI=1S/C24H26FN7/c1-4-19(20-12-26-23(30-16(20)2)27-15-24(25)7-5-8-24)17-6-9-32-22(10-17)21(13-29-32)18-11-28-31(3)14-18/h4,6,9-14H,5,7-8,15H2,1-3H3,(H,26,27,30)/b19-4-. The fourth-order valence-corrected chi connectivity index (χ4v) is 4.20. The lowest BCUT2D eigenvalue weighted by molar-refractivity contribution is 0.0782. The molecule has 0 aromatic carbocycles. The zero-order chi connectivity index (χ0) is 22.3. The molecular formula is C24H26FN7. The molecular weight excluding hydrogens is 405 g/mol. The first-order valence-electron chi connectivity index (χ1n) is 10.9. The summed E-state index contributed by atoms with van der Waals surface area (Å²) in [6, 6.07) is 4.16. The second-order valence-corrected chi connectivity index (χ2v) is 8.46. The Morgan fingerprint density at radius 2 is 2.09 bits per heavy atom. The molecule has 1 N–H and O–H groups in total. The maximum atomic E-state index is 14.3. The van der Waals surface area contributed by atoms with Gasteiger partial charge in [0.05, 0.1) is 30.1 Å². The van der Waals surface area contributed by atoms with Crippen LogP contribution in [0.25, 0.3) is 22.2 Å². The van der Waals surface area contributed by atoms with E-state index in [9.17, 15) is 4.39 Å². The van der Waals surface area contributed by atoms with E-state index in [0.717, 1.165) is 45.5 Å². The molecule has 0 bridgehead atoms. The molecule has 8 heteroatoms. The van der Waals surface area contributed by atoms with E-state index < -0.39 is 5.67 Å². The average Bonchev–Trinajstić information content (AvgIpc) is 3.38. The topological polar surface area (TPSA) is 72.9 Å². The first-order chi connectivity index (χ1) is 15.5.